The molecule has 1 aromatic carbocycles. The van der Waals surface area contributed by atoms with E-state index < -0.39 is 0 Å². The first kappa shape index (κ1) is 15.7. The highest BCUT2D eigenvalue weighted by atomic mass is 35.5. The van der Waals surface area contributed by atoms with Crippen LogP contribution in [0.4, 0.5) is 5.69 Å². The van der Waals surface area contributed by atoms with E-state index in [4.69, 9.17) is 10.5 Å². The summed E-state index contributed by atoms with van der Waals surface area (Å²) in [7, 11) is 1.65. The smallest absolute Gasteiger partial charge is 0.251 e. The third kappa shape index (κ3) is 5.56. The van der Waals surface area contributed by atoms with E-state index in [0.717, 1.165) is 6.42 Å². The van der Waals surface area contributed by atoms with Gasteiger partial charge in [0.05, 0.1) is 0 Å². The van der Waals surface area contributed by atoms with E-state index in [0.29, 0.717) is 17.9 Å². The number of nitrogens with two attached hydrogens (primary N) is 1. The molecule has 0 saturated heterocycles. The number of carbonyl (C=O) groups excluding carboxylic acids is 1. The number of hydrogen-bond donors (Lipinski definition) is 2. The Hall–Kier alpha value is -1.26. The number of nitrogens with one attached hydrogen (secondary N) is 1. The van der Waals surface area contributed by atoms with Gasteiger partial charge in [0.1, 0.15) is 0 Å². The number of hydrogen-bond acceptors (Lipinski definition) is 3. The molecule has 0 bridgehead atoms. The minimum Gasteiger partial charge on any atom is -0.399 e. The molecule has 0 aliphatic heterocycles. The number of benzene rings is 1. The number of halogens is 1. The molecule has 1 aromatic rings. The second-order valence-electron chi connectivity index (χ2n) is 3.78. The maximum Gasteiger partial charge on any atom is 0.251 e. The Labute approximate surface area is 108 Å². The van der Waals surface area contributed by atoms with Crippen molar-refractivity contribution in [3.63, 3.8) is 0 Å². The predicted molar refractivity (Wildman–Crippen MR) is 71.5 cm³/mol. The molecule has 0 fully saturated rings. The van der Waals surface area contributed by atoms with Crippen molar-refractivity contribution in [2.75, 3.05) is 19.5 Å². The summed E-state index contributed by atoms with van der Waals surface area (Å²) < 4.78 is 4.95. The average molecular weight is 259 g/mol. The molecule has 0 spiro atoms. The molecule has 1 rings (SSSR count). The SMILES string of the molecule is COCCC(C)NC(=O)c1cccc(N)c1.Cl. The zero-order valence-electron chi connectivity index (χ0n) is 10.1. The van der Waals surface area contributed by atoms with E-state index in [1.54, 1.807) is 31.4 Å². The molecule has 0 heterocycles. The van der Waals surface area contributed by atoms with Crippen LogP contribution in [0.5, 0.6) is 0 Å². The summed E-state index contributed by atoms with van der Waals surface area (Å²) >= 11 is 0. The quantitative estimate of drug-likeness (QED) is 0.793. The Kier molecular flexibility index (Phi) is 7.34. The Morgan fingerprint density at radius 2 is 2.24 bits per heavy atom. The predicted octanol–water partition coefficient (Wildman–Crippen LogP) is 1.85. The Morgan fingerprint density at radius 1 is 1.53 bits per heavy atom. The number of anilines is 1. The van der Waals surface area contributed by atoms with E-state index in [9.17, 15) is 4.79 Å². The van der Waals surface area contributed by atoms with Crippen molar-refractivity contribution in [2.24, 2.45) is 0 Å². The van der Waals surface area contributed by atoms with E-state index in [2.05, 4.69) is 5.32 Å². The van der Waals surface area contributed by atoms with Gasteiger partial charge >= 0.3 is 0 Å². The number of rotatable bonds is 5. The Morgan fingerprint density at radius 3 is 2.82 bits per heavy atom. The summed E-state index contributed by atoms with van der Waals surface area (Å²) in [5.41, 5.74) is 6.79. The molecule has 96 valence electrons. The van der Waals surface area contributed by atoms with Gasteiger partial charge in [-0.3, -0.25) is 4.79 Å². The van der Waals surface area contributed by atoms with Gasteiger partial charge in [0, 0.05) is 31.0 Å². The van der Waals surface area contributed by atoms with Crippen molar-refractivity contribution in [1.82, 2.24) is 5.32 Å². The molecule has 5 heteroatoms. The van der Waals surface area contributed by atoms with Gasteiger partial charge in [-0.25, -0.2) is 0 Å². The zero-order chi connectivity index (χ0) is 12.0. The number of amides is 1. The fourth-order valence-corrected chi connectivity index (χ4v) is 1.35. The first-order valence-corrected chi connectivity index (χ1v) is 5.29. The topological polar surface area (TPSA) is 64.3 Å². The van der Waals surface area contributed by atoms with Crippen LogP contribution in [0.25, 0.3) is 0 Å². The van der Waals surface area contributed by atoms with Crippen molar-refractivity contribution in [3.05, 3.63) is 29.8 Å². The second-order valence-corrected chi connectivity index (χ2v) is 3.78. The summed E-state index contributed by atoms with van der Waals surface area (Å²) in [6, 6.07) is 7.02. The van der Waals surface area contributed by atoms with Crippen molar-refractivity contribution in [1.29, 1.82) is 0 Å². The van der Waals surface area contributed by atoms with Crippen LogP contribution in [-0.4, -0.2) is 25.7 Å². The van der Waals surface area contributed by atoms with Crippen molar-refractivity contribution >= 4 is 24.0 Å². The fourth-order valence-electron chi connectivity index (χ4n) is 1.35. The molecule has 0 radical (unpaired) electrons. The molecule has 1 amide bonds. The lowest BCUT2D eigenvalue weighted by Crippen LogP contribution is -2.33. The van der Waals surface area contributed by atoms with Gasteiger partial charge in [-0.15, -0.1) is 12.4 Å². The lowest BCUT2D eigenvalue weighted by molar-refractivity contribution is 0.0929. The van der Waals surface area contributed by atoms with Crippen LogP contribution < -0.4 is 11.1 Å². The third-order valence-electron chi connectivity index (χ3n) is 2.28. The highest BCUT2D eigenvalue weighted by Crippen LogP contribution is 2.06. The van der Waals surface area contributed by atoms with E-state index in [1.165, 1.54) is 0 Å². The van der Waals surface area contributed by atoms with Crippen LogP contribution in [0.1, 0.15) is 23.7 Å². The number of carbonyl (C=O) groups is 1. The van der Waals surface area contributed by atoms with E-state index >= 15 is 0 Å². The molecule has 0 aromatic heterocycles. The summed E-state index contributed by atoms with van der Waals surface area (Å²) in [6.07, 6.45) is 0.796. The van der Waals surface area contributed by atoms with Gasteiger partial charge in [0.2, 0.25) is 0 Å². The molecular weight excluding hydrogens is 240 g/mol. The Balaban J connectivity index is 0.00000256. The van der Waals surface area contributed by atoms with Crippen LogP contribution in [0.2, 0.25) is 0 Å². The van der Waals surface area contributed by atoms with Gasteiger partial charge in [0.25, 0.3) is 5.91 Å². The van der Waals surface area contributed by atoms with Gasteiger partial charge in [-0.05, 0) is 31.5 Å². The van der Waals surface area contributed by atoms with Crippen molar-refractivity contribution in [3.8, 4) is 0 Å². The average Bonchev–Trinajstić information content (AvgIpc) is 2.26. The van der Waals surface area contributed by atoms with Crippen molar-refractivity contribution in [2.45, 2.75) is 19.4 Å². The van der Waals surface area contributed by atoms with Gasteiger partial charge in [-0.1, -0.05) is 6.07 Å². The summed E-state index contributed by atoms with van der Waals surface area (Å²) in [4.78, 5) is 11.8. The van der Waals surface area contributed by atoms with Crippen LogP contribution >= 0.6 is 12.4 Å². The molecular formula is C12H19ClN2O2. The molecule has 0 saturated carbocycles. The monoisotopic (exact) mass is 258 g/mol. The van der Waals surface area contributed by atoms with Crippen LogP contribution in [0.3, 0.4) is 0 Å². The number of ether oxygens (including phenoxy) is 1. The first-order chi connectivity index (χ1) is 7.63. The van der Waals surface area contributed by atoms with Crippen molar-refractivity contribution < 1.29 is 9.53 Å². The lowest BCUT2D eigenvalue weighted by atomic mass is 10.1. The minimum absolute atomic E-state index is 0. The Bertz CT molecular complexity index is 358. The summed E-state index contributed by atoms with van der Waals surface area (Å²) in [5.74, 6) is -0.101. The molecule has 1 atom stereocenters. The van der Waals surface area contributed by atoms with Crippen LogP contribution in [-0.2, 0) is 4.74 Å². The van der Waals surface area contributed by atoms with Gasteiger partial charge in [0.15, 0.2) is 0 Å². The molecule has 0 aliphatic carbocycles. The maximum absolute atomic E-state index is 11.8. The number of nitrogen functional groups attached to an aromatic ring is 1. The normalized spacial score (nSPS) is 11.4. The minimum atomic E-state index is -0.101. The molecule has 17 heavy (non-hydrogen) atoms. The number of methoxy groups -OCH3 is 1. The molecule has 4 nitrogen and oxygen atoms in total. The largest absolute Gasteiger partial charge is 0.399 e. The highest BCUT2D eigenvalue weighted by molar-refractivity contribution is 5.95. The zero-order valence-corrected chi connectivity index (χ0v) is 10.9. The van der Waals surface area contributed by atoms with Gasteiger partial charge < -0.3 is 15.8 Å². The second kappa shape index (κ2) is 7.92. The van der Waals surface area contributed by atoms with E-state index in [1.807, 2.05) is 6.92 Å². The fraction of sp³-hybridized carbons (Fsp3) is 0.417. The first-order valence-electron chi connectivity index (χ1n) is 5.29. The van der Waals surface area contributed by atoms with Gasteiger partial charge in [-0.2, -0.15) is 0 Å². The van der Waals surface area contributed by atoms with Crippen LogP contribution in [0, 0.1) is 0 Å². The third-order valence-corrected chi connectivity index (χ3v) is 2.28. The van der Waals surface area contributed by atoms with Crippen LogP contribution in [0.15, 0.2) is 24.3 Å². The summed E-state index contributed by atoms with van der Waals surface area (Å²) in [6.45, 7) is 2.58. The maximum atomic E-state index is 11.8. The highest BCUT2D eigenvalue weighted by Gasteiger charge is 2.09. The standard InChI is InChI=1S/C12H18N2O2.ClH/c1-9(6-7-16-2)14-12(15)10-4-3-5-11(13)8-10;/h3-5,8-9H,6-7,13H2,1-2H3,(H,14,15);1H. The molecule has 1 unspecified atom stereocenters. The summed E-state index contributed by atoms with van der Waals surface area (Å²) in [5, 5.41) is 2.88. The molecule has 3 N–H and O–H groups in total. The lowest BCUT2D eigenvalue weighted by Gasteiger charge is -2.13. The van der Waals surface area contributed by atoms with E-state index in [-0.39, 0.29) is 24.4 Å². The molecule has 0 aliphatic rings.